The maximum absolute atomic E-state index is 12.1. The lowest BCUT2D eigenvalue weighted by molar-refractivity contribution is 0.0748. The highest BCUT2D eigenvalue weighted by Gasteiger charge is 2.14. The van der Waals surface area contributed by atoms with E-state index < -0.39 is 0 Å². The number of hydrogen-bond donors (Lipinski definition) is 2. The van der Waals surface area contributed by atoms with Crippen molar-refractivity contribution in [3.05, 3.63) is 29.6 Å². The smallest absolute Gasteiger partial charge is 0.272 e. The minimum Gasteiger partial charge on any atom is -0.396 e. The Hall–Kier alpha value is -1.90. The van der Waals surface area contributed by atoms with Gasteiger partial charge >= 0.3 is 0 Å². The van der Waals surface area contributed by atoms with Gasteiger partial charge in [-0.15, -0.1) is 0 Å². The third-order valence-electron chi connectivity index (χ3n) is 2.57. The lowest BCUT2D eigenvalue weighted by atomic mass is 10.2. The average Bonchev–Trinajstić information content (AvgIpc) is 2.46. The number of nitrogens with zero attached hydrogens (tertiary/aromatic N) is 2. The highest BCUT2D eigenvalue weighted by molar-refractivity contribution is 5.92. The molecule has 1 heterocycles. The Kier molecular flexibility index (Phi) is 6.58. The Morgan fingerprint density at radius 2 is 2.32 bits per heavy atom. The van der Waals surface area contributed by atoms with E-state index in [1.807, 2.05) is 6.92 Å². The summed E-state index contributed by atoms with van der Waals surface area (Å²) >= 11 is 0. The van der Waals surface area contributed by atoms with Gasteiger partial charge in [-0.25, -0.2) is 4.98 Å². The fourth-order valence-electron chi connectivity index (χ4n) is 1.57. The second kappa shape index (κ2) is 8.25. The van der Waals surface area contributed by atoms with Gasteiger partial charge in [-0.05, 0) is 25.5 Å². The molecule has 102 valence electrons. The quantitative estimate of drug-likeness (QED) is 0.744. The zero-order valence-corrected chi connectivity index (χ0v) is 11.1. The highest BCUT2D eigenvalue weighted by atomic mass is 16.3. The molecule has 0 fully saturated rings. The number of pyridine rings is 1. The van der Waals surface area contributed by atoms with Crippen LogP contribution < -0.4 is 5.73 Å². The van der Waals surface area contributed by atoms with Crippen molar-refractivity contribution in [2.75, 3.05) is 26.2 Å². The molecule has 1 aromatic heterocycles. The molecule has 0 radical (unpaired) electrons. The number of rotatable bonds is 5. The van der Waals surface area contributed by atoms with Gasteiger partial charge in [0.2, 0.25) is 0 Å². The molecule has 5 heteroatoms. The molecule has 5 nitrogen and oxygen atoms in total. The van der Waals surface area contributed by atoms with E-state index in [0.29, 0.717) is 31.7 Å². The van der Waals surface area contributed by atoms with E-state index in [0.717, 1.165) is 5.56 Å². The van der Waals surface area contributed by atoms with Crippen molar-refractivity contribution in [3.63, 3.8) is 0 Å². The Labute approximate surface area is 113 Å². The Bertz CT molecular complexity index is 460. The van der Waals surface area contributed by atoms with Crippen LogP contribution in [0.3, 0.4) is 0 Å². The molecule has 1 rings (SSSR count). The molecule has 0 aromatic carbocycles. The number of nitrogens with two attached hydrogens (primary N) is 1. The monoisotopic (exact) mass is 261 g/mol. The van der Waals surface area contributed by atoms with Gasteiger partial charge in [-0.2, -0.15) is 0 Å². The molecule has 0 bridgehead atoms. The SMILES string of the molecule is CCN(CCCO)C(=O)c1ccc(C#CCN)cn1. The maximum atomic E-state index is 12.1. The van der Waals surface area contributed by atoms with Gasteiger partial charge in [-0.1, -0.05) is 11.8 Å². The molecule has 3 N–H and O–H groups in total. The first kappa shape index (κ1) is 15.2. The zero-order valence-electron chi connectivity index (χ0n) is 11.1. The van der Waals surface area contributed by atoms with Crippen LogP contribution in [0, 0.1) is 11.8 Å². The summed E-state index contributed by atoms with van der Waals surface area (Å²) in [5.74, 6) is 5.45. The number of carbonyl (C=O) groups is 1. The van der Waals surface area contributed by atoms with E-state index >= 15 is 0 Å². The van der Waals surface area contributed by atoms with E-state index in [1.54, 1.807) is 23.2 Å². The maximum Gasteiger partial charge on any atom is 0.272 e. The van der Waals surface area contributed by atoms with Gasteiger partial charge < -0.3 is 15.7 Å². The van der Waals surface area contributed by atoms with Crippen LogP contribution in [0.5, 0.6) is 0 Å². The van der Waals surface area contributed by atoms with Gasteiger partial charge in [0.1, 0.15) is 5.69 Å². The molecule has 1 aromatic rings. The van der Waals surface area contributed by atoms with Crippen LogP contribution in [0.15, 0.2) is 18.3 Å². The molecule has 19 heavy (non-hydrogen) atoms. The van der Waals surface area contributed by atoms with Crippen molar-refractivity contribution in [1.82, 2.24) is 9.88 Å². The molecule has 0 saturated carbocycles. The summed E-state index contributed by atoms with van der Waals surface area (Å²) in [6.45, 7) is 3.39. The zero-order chi connectivity index (χ0) is 14.1. The number of hydrogen-bond acceptors (Lipinski definition) is 4. The Morgan fingerprint density at radius 1 is 1.53 bits per heavy atom. The third-order valence-corrected chi connectivity index (χ3v) is 2.57. The predicted molar refractivity (Wildman–Crippen MR) is 73.4 cm³/mol. The van der Waals surface area contributed by atoms with E-state index in [9.17, 15) is 4.79 Å². The van der Waals surface area contributed by atoms with Crippen molar-refractivity contribution < 1.29 is 9.90 Å². The van der Waals surface area contributed by atoms with Crippen LogP contribution in [0.25, 0.3) is 0 Å². The molecule has 1 amide bonds. The first-order chi connectivity index (χ1) is 9.22. The number of aromatic nitrogens is 1. The first-order valence-corrected chi connectivity index (χ1v) is 6.28. The summed E-state index contributed by atoms with van der Waals surface area (Å²) in [6.07, 6.45) is 2.13. The summed E-state index contributed by atoms with van der Waals surface area (Å²) in [4.78, 5) is 17.9. The van der Waals surface area contributed by atoms with E-state index in [-0.39, 0.29) is 12.5 Å². The minimum atomic E-state index is -0.130. The fraction of sp³-hybridized carbons (Fsp3) is 0.429. The number of carbonyl (C=O) groups excluding carboxylic acids is 1. The number of aliphatic hydroxyl groups is 1. The molecule has 0 aliphatic rings. The van der Waals surface area contributed by atoms with Crippen LogP contribution in [0.1, 0.15) is 29.4 Å². The standard InChI is InChI=1S/C14H19N3O2/c1-2-17(9-4-10-18)14(19)13-7-6-12(11-16-13)5-3-8-15/h6-7,11,18H,2,4,8-10,15H2,1H3. The molecule has 0 spiro atoms. The third kappa shape index (κ3) is 4.70. The average molecular weight is 261 g/mol. The fourth-order valence-corrected chi connectivity index (χ4v) is 1.57. The normalized spacial score (nSPS) is 9.63. The van der Waals surface area contributed by atoms with E-state index in [2.05, 4.69) is 16.8 Å². The molecule has 0 aliphatic carbocycles. The molecule has 0 unspecified atom stereocenters. The van der Waals surface area contributed by atoms with Gasteiger partial charge in [0, 0.05) is 31.5 Å². The first-order valence-electron chi connectivity index (χ1n) is 6.28. The van der Waals surface area contributed by atoms with Gasteiger partial charge in [-0.3, -0.25) is 4.79 Å². The predicted octanol–water partition coefficient (Wildman–Crippen LogP) is 0.236. The van der Waals surface area contributed by atoms with Crippen LogP contribution in [-0.4, -0.2) is 47.1 Å². The van der Waals surface area contributed by atoms with Crippen LogP contribution in [0.4, 0.5) is 0 Å². The van der Waals surface area contributed by atoms with Crippen molar-refractivity contribution in [1.29, 1.82) is 0 Å². The second-order valence-corrected chi connectivity index (χ2v) is 3.90. The van der Waals surface area contributed by atoms with Crippen molar-refractivity contribution in [3.8, 4) is 11.8 Å². The lowest BCUT2D eigenvalue weighted by Crippen LogP contribution is -2.32. The lowest BCUT2D eigenvalue weighted by Gasteiger charge is -2.19. The highest BCUT2D eigenvalue weighted by Crippen LogP contribution is 2.04. The topological polar surface area (TPSA) is 79.5 Å². The summed E-state index contributed by atoms with van der Waals surface area (Å²) < 4.78 is 0. The Morgan fingerprint density at radius 3 is 2.84 bits per heavy atom. The van der Waals surface area contributed by atoms with Crippen LogP contribution in [-0.2, 0) is 0 Å². The molecule has 0 saturated heterocycles. The van der Waals surface area contributed by atoms with Gasteiger partial charge in [0.15, 0.2) is 0 Å². The van der Waals surface area contributed by atoms with Crippen molar-refractivity contribution in [2.24, 2.45) is 5.73 Å². The van der Waals surface area contributed by atoms with Gasteiger partial charge in [0.05, 0.1) is 6.54 Å². The van der Waals surface area contributed by atoms with Crippen molar-refractivity contribution in [2.45, 2.75) is 13.3 Å². The number of amides is 1. The summed E-state index contributed by atoms with van der Waals surface area (Å²) in [5.41, 5.74) is 6.41. The largest absolute Gasteiger partial charge is 0.396 e. The van der Waals surface area contributed by atoms with Gasteiger partial charge in [0.25, 0.3) is 5.91 Å². The molecular weight excluding hydrogens is 242 g/mol. The molecule has 0 aliphatic heterocycles. The molecule has 0 atom stereocenters. The molecular formula is C14H19N3O2. The van der Waals surface area contributed by atoms with E-state index in [4.69, 9.17) is 10.8 Å². The van der Waals surface area contributed by atoms with E-state index in [1.165, 1.54) is 0 Å². The van der Waals surface area contributed by atoms with Crippen LogP contribution in [0.2, 0.25) is 0 Å². The van der Waals surface area contributed by atoms with Crippen LogP contribution >= 0.6 is 0 Å². The summed E-state index contributed by atoms with van der Waals surface area (Å²) in [6, 6.07) is 3.41. The summed E-state index contributed by atoms with van der Waals surface area (Å²) in [7, 11) is 0. The summed E-state index contributed by atoms with van der Waals surface area (Å²) in [5, 5.41) is 8.80. The number of aliphatic hydroxyl groups excluding tert-OH is 1. The Balaban J connectivity index is 2.75. The van der Waals surface area contributed by atoms with Crippen molar-refractivity contribution >= 4 is 5.91 Å². The second-order valence-electron chi connectivity index (χ2n) is 3.90. The minimum absolute atomic E-state index is 0.0742.